The van der Waals surface area contributed by atoms with E-state index in [0.29, 0.717) is 11.6 Å². The predicted molar refractivity (Wildman–Crippen MR) is 110 cm³/mol. The third kappa shape index (κ3) is 5.10. The van der Waals surface area contributed by atoms with E-state index in [1.807, 2.05) is 19.9 Å². The van der Waals surface area contributed by atoms with Gasteiger partial charge in [-0.1, -0.05) is 0 Å². The van der Waals surface area contributed by atoms with Gasteiger partial charge in [-0.3, -0.25) is 0 Å². The van der Waals surface area contributed by atoms with Gasteiger partial charge in [0.05, 0.1) is 17.2 Å². The Kier molecular flexibility index (Phi) is 6.63. The highest BCUT2D eigenvalue weighted by Gasteiger charge is 2.16. The zero-order chi connectivity index (χ0) is 21.7. The topological polar surface area (TPSA) is 111 Å². The monoisotopic (exact) mass is 434 g/mol. The average Bonchev–Trinajstić information content (AvgIpc) is 3.05. The molecule has 0 aliphatic heterocycles. The average molecular weight is 434 g/mol. The molecule has 11 heteroatoms. The van der Waals surface area contributed by atoms with Crippen LogP contribution in [-0.4, -0.2) is 47.9 Å². The summed E-state index contributed by atoms with van der Waals surface area (Å²) >= 11 is 0. The van der Waals surface area contributed by atoms with Crippen molar-refractivity contribution in [2.24, 2.45) is 0 Å². The summed E-state index contributed by atoms with van der Waals surface area (Å²) in [7, 11) is -3.86. The summed E-state index contributed by atoms with van der Waals surface area (Å²) in [5.41, 5.74) is 1.81. The van der Waals surface area contributed by atoms with Crippen LogP contribution in [0.2, 0.25) is 0 Å². The summed E-state index contributed by atoms with van der Waals surface area (Å²) in [5.74, 6) is 0.415. The first-order valence-corrected chi connectivity index (χ1v) is 10.8. The van der Waals surface area contributed by atoms with E-state index in [1.54, 1.807) is 17.7 Å². The molecule has 0 atom stereocenters. The molecule has 30 heavy (non-hydrogen) atoms. The number of sulfonamides is 1. The molecule has 0 radical (unpaired) electrons. The van der Waals surface area contributed by atoms with Gasteiger partial charge in [-0.15, -0.1) is 0 Å². The number of benzene rings is 1. The van der Waals surface area contributed by atoms with Crippen molar-refractivity contribution in [1.82, 2.24) is 24.5 Å². The van der Waals surface area contributed by atoms with Gasteiger partial charge in [-0.2, -0.15) is 5.10 Å². The van der Waals surface area contributed by atoms with Crippen molar-refractivity contribution in [3.8, 4) is 11.6 Å². The summed E-state index contributed by atoms with van der Waals surface area (Å²) in [6, 6.07) is 7.19. The molecule has 0 fully saturated rings. The highest BCUT2D eigenvalue weighted by Crippen LogP contribution is 2.21. The molecule has 2 aromatic heterocycles. The minimum Gasteiger partial charge on any atom is -0.491 e. The Hall–Kier alpha value is -3.05. The highest BCUT2D eigenvalue weighted by molar-refractivity contribution is 7.89. The molecule has 1 aromatic carbocycles. The zero-order valence-corrected chi connectivity index (χ0v) is 17.7. The van der Waals surface area contributed by atoms with Crippen molar-refractivity contribution in [3.63, 3.8) is 0 Å². The molecule has 0 spiro atoms. The summed E-state index contributed by atoms with van der Waals surface area (Å²) in [6.45, 7) is 6.18. The van der Waals surface area contributed by atoms with E-state index in [9.17, 15) is 12.8 Å². The van der Waals surface area contributed by atoms with Crippen molar-refractivity contribution < 1.29 is 17.5 Å². The van der Waals surface area contributed by atoms with Crippen molar-refractivity contribution in [3.05, 3.63) is 53.9 Å². The van der Waals surface area contributed by atoms with E-state index in [-0.39, 0.29) is 30.3 Å². The highest BCUT2D eigenvalue weighted by atomic mass is 32.2. The Morgan fingerprint density at radius 3 is 2.60 bits per heavy atom. The van der Waals surface area contributed by atoms with Crippen molar-refractivity contribution >= 4 is 15.8 Å². The summed E-state index contributed by atoms with van der Waals surface area (Å²) in [6.07, 6.45) is 1.40. The number of ether oxygens (including phenoxy) is 1. The van der Waals surface area contributed by atoms with E-state index in [1.165, 1.54) is 18.5 Å². The molecule has 3 aromatic rings. The van der Waals surface area contributed by atoms with Crippen molar-refractivity contribution in [2.45, 2.75) is 25.7 Å². The quantitative estimate of drug-likeness (QED) is 0.497. The lowest BCUT2D eigenvalue weighted by molar-refractivity contribution is 0.321. The van der Waals surface area contributed by atoms with Gasteiger partial charge >= 0.3 is 0 Å². The fraction of sp³-hybridized carbons (Fsp3) is 0.316. The molecule has 3 rings (SSSR count). The lowest BCUT2D eigenvalue weighted by Gasteiger charge is -2.10. The lowest BCUT2D eigenvalue weighted by Crippen LogP contribution is -2.29. The number of hydrogen-bond donors (Lipinski definition) is 2. The van der Waals surface area contributed by atoms with Crippen LogP contribution >= 0.6 is 0 Å². The Balaban J connectivity index is 1.59. The Morgan fingerprint density at radius 2 is 1.93 bits per heavy atom. The third-order valence-electron chi connectivity index (χ3n) is 4.12. The predicted octanol–water partition coefficient (Wildman–Crippen LogP) is 2.21. The van der Waals surface area contributed by atoms with Gasteiger partial charge in [0.1, 0.15) is 12.1 Å². The molecule has 0 bridgehead atoms. The maximum Gasteiger partial charge on any atom is 0.240 e. The molecular weight excluding hydrogens is 411 g/mol. The molecule has 0 aliphatic rings. The van der Waals surface area contributed by atoms with E-state index in [0.717, 1.165) is 17.5 Å². The molecule has 0 saturated carbocycles. The SMILES string of the molecule is CCOc1ccc(S(=O)(=O)NCCNc2cc(-n3nc(C)cc3C)ncn2)cc1F. The van der Waals surface area contributed by atoms with Crippen LogP contribution in [0.5, 0.6) is 5.75 Å². The van der Waals surface area contributed by atoms with Crippen LogP contribution in [0.15, 0.2) is 41.6 Å². The lowest BCUT2D eigenvalue weighted by atomic mass is 10.3. The van der Waals surface area contributed by atoms with Gasteiger partial charge < -0.3 is 10.1 Å². The Labute approximate surface area is 174 Å². The number of halogens is 1. The van der Waals surface area contributed by atoms with E-state index < -0.39 is 15.8 Å². The van der Waals surface area contributed by atoms with Crippen LogP contribution in [0, 0.1) is 19.7 Å². The fourth-order valence-electron chi connectivity index (χ4n) is 2.80. The van der Waals surface area contributed by atoms with Gasteiger partial charge in [-0.25, -0.2) is 32.2 Å². The van der Waals surface area contributed by atoms with E-state index in [4.69, 9.17) is 4.74 Å². The van der Waals surface area contributed by atoms with Crippen molar-refractivity contribution in [1.29, 1.82) is 0 Å². The second kappa shape index (κ2) is 9.18. The fourth-order valence-corrected chi connectivity index (χ4v) is 3.84. The number of rotatable bonds is 9. The van der Waals surface area contributed by atoms with E-state index >= 15 is 0 Å². The van der Waals surface area contributed by atoms with Gasteiger partial charge in [0.25, 0.3) is 0 Å². The van der Waals surface area contributed by atoms with Crippen LogP contribution in [-0.2, 0) is 10.0 Å². The second-order valence-corrected chi connectivity index (χ2v) is 8.22. The van der Waals surface area contributed by atoms with Gasteiger partial charge in [0.2, 0.25) is 10.0 Å². The van der Waals surface area contributed by atoms with Crippen molar-refractivity contribution in [2.75, 3.05) is 25.0 Å². The zero-order valence-electron chi connectivity index (χ0n) is 16.9. The molecular formula is C19H23FN6O3S. The second-order valence-electron chi connectivity index (χ2n) is 6.45. The van der Waals surface area contributed by atoms with Gasteiger partial charge in [-0.05, 0) is 45.0 Å². The standard InChI is InChI=1S/C19H23FN6O3S/c1-4-29-17-6-5-15(10-16(17)20)30(27,28)24-8-7-21-18-11-19(23-12-22-18)26-14(3)9-13(2)25-26/h5-6,9-12,24H,4,7-8H2,1-3H3,(H,21,22,23). The van der Waals surface area contributed by atoms with Gasteiger partial charge in [0, 0.05) is 24.8 Å². The van der Waals surface area contributed by atoms with Gasteiger partial charge in [0.15, 0.2) is 17.4 Å². The molecule has 9 nitrogen and oxygen atoms in total. The summed E-state index contributed by atoms with van der Waals surface area (Å²) in [5, 5.41) is 7.41. The minimum atomic E-state index is -3.86. The van der Waals surface area contributed by atoms with Crippen LogP contribution in [0.25, 0.3) is 5.82 Å². The van der Waals surface area contributed by atoms with E-state index in [2.05, 4.69) is 25.1 Å². The Morgan fingerprint density at radius 1 is 1.13 bits per heavy atom. The van der Waals surface area contributed by atoms with Crippen LogP contribution in [0.3, 0.4) is 0 Å². The number of aryl methyl sites for hydroxylation is 2. The first-order chi connectivity index (χ1) is 14.3. The number of anilines is 1. The minimum absolute atomic E-state index is 0.0142. The molecule has 160 valence electrons. The number of aromatic nitrogens is 4. The smallest absolute Gasteiger partial charge is 0.240 e. The Bertz CT molecular complexity index is 1130. The first kappa shape index (κ1) is 21.7. The molecule has 2 N–H and O–H groups in total. The largest absolute Gasteiger partial charge is 0.491 e. The van der Waals surface area contributed by atoms with Crippen LogP contribution < -0.4 is 14.8 Å². The number of nitrogens with one attached hydrogen (secondary N) is 2. The normalized spacial score (nSPS) is 11.5. The van der Waals surface area contributed by atoms with Crippen LogP contribution in [0.4, 0.5) is 10.2 Å². The maximum atomic E-state index is 13.9. The molecule has 2 heterocycles. The molecule has 0 unspecified atom stereocenters. The third-order valence-corrected chi connectivity index (χ3v) is 5.57. The number of nitrogens with zero attached hydrogens (tertiary/aromatic N) is 4. The number of hydrogen-bond acceptors (Lipinski definition) is 7. The maximum absolute atomic E-state index is 13.9. The molecule has 0 aliphatic carbocycles. The summed E-state index contributed by atoms with van der Waals surface area (Å²) in [4.78, 5) is 8.17. The molecule has 0 amide bonds. The summed E-state index contributed by atoms with van der Waals surface area (Å²) < 4.78 is 47.9. The molecule has 0 saturated heterocycles. The first-order valence-electron chi connectivity index (χ1n) is 9.31. The van der Waals surface area contributed by atoms with Crippen LogP contribution in [0.1, 0.15) is 18.3 Å².